The minimum absolute atomic E-state index is 0.256. The molecular formula is C8H10N2O. The molecule has 1 N–H and O–H groups in total. The van der Waals surface area contributed by atoms with Crippen LogP contribution in [0.1, 0.15) is 5.56 Å². The molecule has 0 radical (unpaired) electrons. The van der Waals surface area contributed by atoms with Crippen molar-refractivity contribution in [2.24, 2.45) is 10.2 Å². The molecule has 1 aromatic carbocycles. The van der Waals surface area contributed by atoms with Gasteiger partial charge in [-0.15, -0.1) is 0 Å². The molecule has 0 aromatic heterocycles. The number of aliphatic hydroxyl groups is 1. The van der Waals surface area contributed by atoms with Gasteiger partial charge in [0, 0.05) is 0 Å². The lowest BCUT2D eigenvalue weighted by Crippen LogP contribution is -1.71. The molecular weight excluding hydrogens is 140 g/mol. The molecule has 1 rings (SSSR count). The van der Waals surface area contributed by atoms with E-state index in [4.69, 9.17) is 5.11 Å². The van der Waals surface area contributed by atoms with Gasteiger partial charge in [0.25, 0.3) is 0 Å². The van der Waals surface area contributed by atoms with Crippen LogP contribution in [0.4, 0.5) is 5.69 Å². The maximum absolute atomic E-state index is 8.32. The first-order valence-corrected chi connectivity index (χ1v) is 3.38. The van der Waals surface area contributed by atoms with E-state index < -0.39 is 0 Å². The molecule has 0 atom stereocenters. The van der Waals surface area contributed by atoms with Crippen LogP contribution in [0.5, 0.6) is 0 Å². The van der Waals surface area contributed by atoms with E-state index in [0.29, 0.717) is 0 Å². The van der Waals surface area contributed by atoms with Gasteiger partial charge in [-0.25, -0.2) is 0 Å². The monoisotopic (exact) mass is 150 g/mol. The average molecular weight is 150 g/mol. The standard InChI is InChI=1S/C8H10N2O/c1-7-2-4-8(5-3-7)10-9-6-11/h2-5,11H,6H2,1H3. The number of nitrogens with zero attached hydrogens (tertiary/aromatic N) is 2. The second kappa shape index (κ2) is 3.83. The Morgan fingerprint density at radius 2 is 1.91 bits per heavy atom. The number of hydrogen-bond donors (Lipinski definition) is 1. The molecule has 3 nitrogen and oxygen atoms in total. The van der Waals surface area contributed by atoms with Crippen LogP contribution in [0.15, 0.2) is 34.5 Å². The third-order valence-corrected chi connectivity index (χ3v) is 1.28. The van der Waals surface area contributed by atoms with Gasteiger partial charge in [-0.3, -0.25) is 0 Å². The van der Waals surface area contributed by atoms with Crippen molar-refractivity contribution in [1.29, 1.82) is 0 Å². The summed E-state index contributed by atoms with van der Waals surface area (Å²) in [5, 5.41) is 15.5. The Balaban J connectivity index is 2.73. The average Bonchev–Trinajstić information content (AvgIpc) is 2.04. The maximum Gasteiger partial charge on any atom is 0.155 e. The molecule has 0 unspecified atom stereocenters. The second-order valence-corrected chi connectivity index (χ2v) is 2.22. The van der Waals surface area contributed by atoms with Crippen LogP contribution in [0.2, 0.25) is 0 Å². The highest BCUT2D eigenvalue weighted by Gasteiger charge is 1.86. The van der Waals surface area contributed by atoms with Crippen molar-refractivity contribution in [3.8, 4) is 0 Å². The van der Waals surface area contributed by atoms with E-state index in [1.54, 1.807) is 0 Å². The van der Waals surface area contributed by atoms with Crippen LogP contribution in [0, 0.1) is 6.92 Å². The molecule has 0 aliphatic carbocycles. The first kappa shape index (κ1) is 7.88. The van der Waals surface area contributed by atoms with Crippen molar-refractivity contribution in [3.63, 3.8) is 0 Å². The molecule has 0 aliphatic heterocycles. The minimum atomic E-state index is -0.256. The summed E-state index contributed by atoms with van der Waals surface area (Å²) in [6, 6.07) is 7.61. The zero-order chi connectivity index (χ0) is 8.10. The van der Waals surface area contributed by atoms with Gasteiger partial charge in [0.05, 0.1) is 5.69 Å². The summed E-state index contributed by atoms with van der Waals surface area (Å²) in [4.78, 5) is 0. The van der Waals surface area contributed by atoms with Gasteiger partial charge in [0.2, 0.25) is 0 Å². The fraction of sp³-hybridized carbons (Fsp3) is 0.250. The minimum Gasteiger partial charge on any atom is -0.373 e. The van der Waals surface area contributed by atoms with E-state index in [0.717, 1.165) is 5.69 Å². The maximum atomic E-state index is 8.32. The van der Waals surface area contributed by atoms with Crippen molar-refractivity contribution in [2.45, 2.75) is 6.92 Å². The largest absolute Gasteiger partial charge is 0.373 e. The fourth-order valence-corrected chi connectivity index (χ4v) is 0.725. The highest BCUT2D eigenvalue weighted by Crippen LogP contribution is 2.12. The summed E-state index contributed by atoms with van der Waals surface area (Å²) < 4.78 is 0. The highest BCUT2D eigenvalue weighted by molar-refractivity contribution is 5.37. The van der Waals surface area contributed by atoms with Crippen molar-refractivity contribution < 1.29 is 5.11 Å². The van der Waals surface area contributed by atoms with Crippen molar-refractivity contribution in [2.75, 3.05) is 6.73 Å². The normalized spacial score (nSPS) is 10.7. The van der Waals surface area contributed by atoms with E-state index >= 15 is 0 Å². The zero-order valence-corrected chi connectivity index (χ0v) is 6.36. The van der Waals surface area contributed by atoms with Gasteiger partial charge >= 0.3 is 0 Å². The van der Waals surface area contributed by atoms with E-state index in [9.17, 15) is 0 Å². The van der Waals surface area contributed by atoms with E-state index in [1.807, 2.05) is 31.2 Å². The summed E-state index contributed by atoms with van der Waals surface area (Å²) in [7, 11) is 0. The van der Waals surface area contributed by atoms with Crippen LogP contribution in [-0.4, -0.2) is 11.8 Å². The fourth-order valence-electron chi connectivity index (χ4n) is 0.725. The van der Waals surface area contributed by atoms with Crippen LogP contribution < -0.4 is 0 Å². The first-order chi connectivity index (χ1) is 5.33. The molecule has 0 fully saturated rings. The Morgan fingerprint density at radius 3 is 2.45 bits per heavy atom. The van der Waals surface area contributed by atoms with Crippen LogP contribution in [-0.2, 0) is 0 Å². The van der Waals surface area contributed by atoms with Crippen LogP contribution in [0.25, 0.3) is 0 Å². The smallest absolute Gasteiger partial charge is 0.155 e. The Morgan fingerprint density at radius 1 is 1.27 bits per heavy atom. The van der Waals surface area contributed by atoms with Crippen LogP contribution >= 0.6 is 0 Å². The third-order valence-electron chi connectivity index (χ3n) is 1.28. The zero-order valence-electron chi connectivity index (χ0n) is 6.36. The van der Waals surface area contributed by atoms with Gasteiger partial charge in [0.1, 0.15) is 0 Å². The van der Waals surface area contributed by atoms with E-state index in [2.05, 4.69) is 10.2 Å². The predicted octanol–water partition coefficient (Wildman–Crippen LogP) is 2.03. The summed E-state index contributed by atoms with van der Waals surface area (Å²) in [5.74, 6) is 0. The quantitative estimate of drug-likeness (QED) is 0.644. The third kappa shape index (κ3) is 2.47. The summed E-state index contributed by atoms with van der Waals surface area (Å²) in [6.45, 7) is 1.75. The Kier molecular flexibility index (Phi) is 2.74. The Labute approximate surface area is 65.4 Å². The molecule has 0 saturated carbocycles. The Hall–Kier alpha value is -1.22. The van der Waals surface area contributed by atoms with Gasteiger partial charge in [0.15, 0.2) is 6.73 Å². The predicted molar refractivity (Wildman–Crippen MR) is 42.8 cm³/mol. The number of azo groups is 1. The van der Waals surface area contributed by atoms with Crippen molar-refractivity contribution in [3.05, 3.63) is 29.8 Å². The Bertz CT molecular complexity index is 241. The summed E-state index contributed by atoms with van der Waals surface area (Å²) in [6.07, 6.45) is 0. The van der Waals surface area contributed by atoms with E-state index in [-0.39, 0.29) is 6.73 Å². The molecule has 0 spiro atoms. The lowest BCUT2D eigenvalue weighted by Gasteiger charge is -1.91. The number of rotatable bonds is 2. The molecule has 58 valence electrons. The number of aliphatic hydroxyl groups excluding tert-OH is 1. The highest BCUT2D eigenvalue weighted by atomic mass is 16.3. The lowest BCUT2D eigenvalue weighted by atomic mass is 10.2. The molecule has 0 bridgehead atoms. The molecule has 0 amide bonds. The van der Waals surface area contributed by atoms with Crippen molar-refractivity contribution in [1.82, 2.24) is 0 Å². The van der Waals surface area contributed by atoms with Gasteiger partial charge in [-0.05, 0) is 19.1 Å². The first-order valence-electron chi connectivity index (χ1n) is 3.38. The number of aryl methyl sites for hydroxylation is 1. The van der Waals surface area contributed by atoms with Crippen molar-refractivity contribution >= 4 is 5.69 Å². The molecule has 1 aromatic rings. The van der Waals surface area contributed by atoms with Crippen LogP contribution in [0.3, 0.4) is 0 Å². The van der Waals surface area contributed by atoms with Gasteiger partial charge < -0.3 is 5.11 Å². The van der Waals surface area contributed by atoms with E-state index in [1.165, 1.54) is 5.56 Å². The molecule has 3 heteroatoms. The number of benzene rings is 1. The lowest BCUT2D eigenvalue weighted by molar-refractivity contribution is 0.301. The molecule has 0 heterocycles. The molecule has 11 heavy (non-hydrogen) atoms. The van der Waals surface area contributed by atoms with Gasteiger partial charge in [-0.1, -0.05) is 17.7 Å². The molecule has 0 aliphatic rings. The topological polar surface area (TPSA) is 45.0 Å². The second-order valence-electron chi connectivity index (χ2n) is 2.22. The summed E-state index contributed by atoms with van der Waals surface area (Å²) in [5.41, 5.74) is 1.96. The molecule has 0 saturated heterocycles. The van der Waals surface area contributed by atoms with Gasteiger partial charge in [-0.2, -0.15) is 10.2 Å². The number of hydrogen-bond acceptors (Lipinski definition) is 3. The SMILES string of the molecule is Cc1ccc(N=NCO)cc1. The summed E-state index contributed by atoms with van der Waals surface area (Å²) >= 11 is 0.